The summed E-state index contributed by atoms with van der Waals surface area (Å²) in [6.07, 6.45) is 1.85. The fraction of sp³-hybridized carbons (Fsp3) is 0.562. The fourth-order valence-corrected chi connectivity index (χ4v) is 2.34. The van der Waals surface area contributed by atoms with Crippen molar-refractivity contribution in [3.05, 3.63) is 29.8 Å². The molecule has 118 valence electrons. The van der Waals surface area contributed by atoms with Gasteiger partial charge in [0.15, 0.2) is 0 Å². The minimum absolute atomic E-state index is 0.0880. The second-order valence-electron chi connectivity index (χ2n) is 4.99. The van der Waals surface area contributed by atoms with Crippen molar-refractivity contribution in [2.45, 2.75) is 39.3 Å². The Morgan fingerprint density at radius 2 is 2.10 bits per heavy atom. The molecule has 21 heavy (non-hydrogen) atoms. The Morgan fingerprint density at radius 3 is 2.67 bits per heavy atom. The highest BCUT2D eigenvalue weighted by Gasteiger charge is 2.20. The number of nitrogens with two attached hydrogens (primary N) is 1. The number of nitrogens with zero attached hydrogens (tertiary/aromatic N) is 1. The normalized spacial score (nSPS) is 10.7. The predicted octanol–water partition coefficient (Wildman–Crippen LogP) is 2.81. The highest BCUT2D eigenvalue weighted by molar-refractivity contribution is 5.89. The molecule has 2 amide bonds. The second-order valence-corrected chi connectivity index (χ2v) is 4.99. The van der Waals surface area contributed by atoms with Crippen LogP contribution in [0.1, 0.15) is 32.3 Å². The van der Waals surface area contributed by atoms with Gasteiger partial charge in [0.1, 0.15) is 0 Å². The van der Waals surface area contributed by atoms with Gasteiger partial charge in [0.05, 0.1) is 6.61 Å². The monoisotopic (exact) mass is 293 g/mol. The lowest BCUT2D eigenvalue weighted by Crippen LogP contribution is -2.44. The summed E-state index contributed by atoms with van der Waals surface area (Å²) < 4.78 is 5.11. The molecule has 0 fully saturated rings. The van der Waals surface area contributed by atoms with Crippen LogP contribution in [0.2, 0.25) is 0 Å². The van der Waals surface area contributed by atoms with Crippen molar-refractivity contribution in [2.75, 3.05) is 25.6 Å². The zero-order valence-corrected chi connectivity index (χ0v) is 13.3. The van der Waals surface area contributed by atoms with Gasteiger partial charge in [0.25, 0.3) is 0 Å². The maximum absolute atomic E-state index is 12.5. The lowest BCUT2D eigenvalue weighted by atomic mass is 10.1. The van der Waals surface area contributed by atoms with Crippen LogP contribution >= 0.6 is 0 Å². The molecule has 3 N–H and O–H groups in total. The van der Waals surface area contributed by atoms with Crippen molar-refractivity contribution in [3.8, 4) is 0 Å². The van der Waals surface area contributed by atoms with Crippen LogP contribution in [0.3, 0.4) is 0 Å². The van der Waals surface area contributed by atoms with Crippen molar-refractivity contribution in [2.24, 2.45) is 5.73 Å². The lowest BCUT2D eigenvalue weighted by Gasteiger charge is -2.30. The smallest absolute Gasteiger partial charge is 0.322 e. The van der Waals surface area contributed by atoms with Crippen molar-refractivity contribution < 1.29 is 9.53 Å². The van der Waals surface area contributed by atoms with E-state index in [0.29, 0.717) is 19.7 Å². The summed E-state index contributed by atoms with van der Waals surface area (Å²) in [5.74, 6) is 0. The third kappa shape index (κ3) is 5.36. The van der Waals surface area contributed by atoms with Crippen LogP contribution < -0.4 is 11.1 Å². The van der Waals surface area contributed by atoms with Crippen LogP contribution in [0.4, 0.5) is 10.5 Å². The molecule has 0 aliphatic carbocycles. The van der Waals surface area contributed by atoms with Gasteiger partial charge in [0, 0.05) is 31.9 Å². The highest BCUT2D eigenvalue weighted by atomic mass is 16.5. The number of carbonyl (C=O) groups excluding carboxylic acids is 1. The van der Waals surface area contributed by atoms with Crippen molar-refractivity contribution >= 4 is 11.7 Å². The predicted molar refractivity (Wildman–Crippen MR) is 86.3 cm³/mol. The van der Waals surface area contributed by atoms with E-state index in [0.717, 1.165) is 24.1 Å². The molecule has 0 aliphatic rings. The SMILES string of the molecule is CCC(CC)N(CCOC)C(=O)Nc1cccc(CN)c1. The molecule has 5 nitrogen and oxygen atoms in total. The van der Waals surface area contributed by atoms with Gasteiger partial charge in [-0.1, -0.05) is 26.0 Å². The molecule has 0 heterocycles. The largest absolute Gasteiger partial charge is 0.383 e. The van der Waals surface area contributed by atoms with Gasteiger partial charge in [-0.25, -0.2) is 4.79 Å². The van der Waals surface area contributed by atoms with E-state index in [2.05, 4.69) is 19.2 Å². The number of benzene rings is 1. The minimum atomic E-state index is -0.0880. The number of ether oxygens (including phenoxy) is 1. The molecule has 0 radical (unpaired) electrons. The molecule has 0 spiro atoms. The number of urea groups is 1. The van der Waals surface area contributed by atoms with E-state index < -0.39 is 0 Å². The maximum Gasteiger partial charge on any atom is 0.322 e. The lowest BCUT2D eigenvalue weighted by molar-refractivity contribution is 0.133. The molecule has 0 unspecified atom stereocenters. The zero-order chi connectivity index (χ0) is 15.7. The van der Waals surface area contributed by atoms with E-state index in [-0.39, 0.29) is 12.1 Å². The Bertz CT molecular complexity index is 433. The maximum atomic E-state index is 12.5. The average Bonchev–Trinajstić information content (AvgIpc) is 2.51. The summed E-state index contributed by atoms with van der Waals surface area (Å²) in [4.78, 5) is 14.4. The summed E-state index contributed by atoms with van der Waals surface area (Å²) in [6.45, 7) is 5.77. The molecule has 0 bridgehead atoms. The second kappa shape index (κ2) is 9.37. The van der Waals surface area contributed by atoms with Gasteiger partial charge < -0.3 is 20.7 Å². The van der Waals surface area contributed by atoms with E-state index in [1.165, 1.54) is 0 Å². The Kier molecular flexibility index (Phi) is 7.79. The molecular weight excluding hydrogens is 266 g/mol. The van der Waals surface area contributed by atoms with E-state index in [1.54, 1.807) is 7.11 Å². The molecule has 0 saturated carbocycles. The van der Waals surface area contributed by atoms with Crippen molar-refractivity contribution in [3.63, 3.8) is 0 Å². The topological polar surface area (TPSA) is 67.6 Å². The van der Waals surface area contributed by atoms with Crippen LogP contribution in [0, 0.1) is 0 Å². The summed E-state index contributed by atoms with van der Waals surface area (Å²) in [6, 6.07) is 7.75. The first-order valence-electron chi connectivity index (χ1n) is 7.51. The summed E-state index contributed by atoms with van der Waals surface area (Å²) >= 11 is 0. The number of anilines is 1. The Morgan fingerprint density at radius 1 is 1.38 bits per heavy atom. The van der Waals surface area contributed by atoms with Crippen molar-refractivity contribution in [1.29, 1.82) is 0 Å². The third-order valence-electron chi connectivity index (χ3n) is 3.59. The van der Waals surface area contributed by atoms with E-state index in [4.69, 9.17) is 10.5 Å². The summed E-state index contributed by atoms with van der Waals surface area (Å²) in [5.41, 5.74) is 7.40. The number of hydrogen-bond donors (Lipinski definition) is 2. The first kappa shape index (κ1) is 17.5. The highest BCUT2D eigenvalue weighted by Crippen LogP contribution is 2.14. The van der Waals surface area contributed by atoms with Gasteiger partial charge in [0.2, 0.25) is 0 Å². The first-order chi connectivity index (χ1) is 10.2. The van der Waals surface area contributed by atoms with E-state index in [1.807, 2.05) is 29.2 Å². The molecule has 0 aromatic heterocycles. The van der Waals surface area contributed by atoms with Crippen LogP contribution in [0.25, 0.3) is 0 Å². The van der Waals surface area contributed by atoms with E-state index in [9.17, 15) is 4.79 Å². The van der Waals surface area contributed by atoms with Crippen LogP contribution in [0.15, 0.2) is 24.3 Å². The van der Waals surface area contributed by atoms with Crippen LogP contribution in [-0.4, -0.2) is 37.2 Å². The van der Waals surface area contributed by atoms with Gasteiger partial charge in [-0.05, 0) is 30.5 Å². The molecule has 0 saturated heterocycles. The number of nitrogens with one attached hydrogen (secondary N) is 1. The van der Waals surface area contributed by atoms with Gasteiger partial charge >= 0.3 is 6.03 Å². The number of hydrogen-bond acceptors (Lipinski definition) is 3. The van der Waals surface area contributed by atoms with Crippen LogP contribution in [0.5, 0.6) is 0 Å². The molecule has 5 heteroatoms. The average molecular weight is 293 g/mol. The molecule has 1 rings (SSSR count). The van der Waals surface area contributed by atoms with E-state index >= 15 is 0 Å². The minimum Gasteiger partial charge on any atom is -0.383 e. The zero-order valence-electron chi connectivity index (χ0n) is 13.3. The van der Waals surface area contributed by atoms with Crippen LogP contribution in [-0.2, 0) is 11.3 Å². The Labute approximate surface area is 127 Å². The number of amides is 2. The van der Waals surface area contributed by atoms with Gasteiger partial charge in [-0.2, -0.15) is 0 Å². The molecule has 1 aromatic carbocycles. The standard InChI is InChI=1S/C16H27N3O2/c1-4-15(5-2)19(9-10-21-3)16(20)18-14-8-6-7-13(11-14)12-17/h6-8,11,15H,4-5,9-10,12,17H2,1-3H3,(H,18,20). The Hall–Kier alpha value is -1.59. The molecule has 1 aromatic rings. The summed E-state index contributed by atoms with van der Waals surface area (Å²) in [7, 11) is 1.65. The van der Waals surface area contributed by atoms with Gasteiger partial charge in [-0.3, -0.25) is 0 Å². The molecule has 0 aliphatic heterocycles. The quantitative estimate of drug-likeness (QED) is 0.774. The first-order valence-corrected chi connectivity index (χ1v) is 7.51. The fourth-order valence-electron chi connectivity index (χ4n) is 2.34. The van der Waals surface area contributed by atoms with Gasteiger partial charge in [-0.15, -0.1) is 0 Å². The third-order valence-corrected chi connectivity index (χ3v) is 3.59. The molecule has 0 atom stereocenters. The number of methoxy groups -OCH3 is 1. The Balaban J connectivity index is 2.78. The summed E-state index contributed by atoms with van der Waals surface area (Å²) in [5, 5.41) is 2.95. The van der Waals surface area contributed by atoms with Crippen molar-refractivity contribution in [1.82, 2.24) is 4.90 Å². The number of carbonyl (C=O) groups is 1. The molecular formula is C16H27N3O2. The number of rotatable bonds is 8.